The lowest BCUT2D eigenvalue weighted by Gasteiger charge is -2.17. The zero-order valence-electron chi connectivity index (χ0n) is 12.0. The highest BCUT2D eigenvalue weighted by Gasteiger charge is 2.22. The summed E-state index contributed by atoms with van der Waals surface area (Å²) in [4.78, 5) is 23.8. The highest BCUT2D eigenvalue weighted by Crippen LogP contribution is 2.17. The van der Waals surface area contributed by atoms with Crippen molar-refractivity contribution < 1.29 is 19.5 Å². The largest absolute Gasteiger partial charge is 0.484 e. The van der Waals surface area contributed by atoms with E-state index in [9.17, 15) is 9.59 Å². The van der Waals surface area contributed by atoms with E-state index >= 15 is 0 Å². The summed E-state index contributed by atoms with van der Waals surface area (Å²) in [6.07, 6.45) is 0. The van der Waals surface area contributed by atoms with Crippen LogP contribution in [0.1, 0.15) is 11.6 Å². The van der Waals surface area contributed by atoms with Gasteiger partial charge in [0.1, 0.15) is 11.8 Å². The maximum Gasteiger partial charge on any atom is 0.270 e. The SMILES string of the molecule is O=C(COc1ccccc1)NC(C(=O)NO)c1ccc(Br)cc1. The molecule has 0 bridgehead atoms. The van der Waals surface area contributed by atoms with Crippen molar-refractivity contribution in [3.63, 3.8) is 0 Å². The fraction of sp³-hybridized carbons (Fsp3) is 0.125. The minimum absolute atomic E-state index is 0.240. The molecule has 120 valence electrons. The maximum atomic E-state index is 12.0. The summed E-state index contributed by atoms with van der Waals surface area (Å²) in [5.41, 5.74) is 2.09. The molecule has 0 aliphatic rings. The van der Waals surface area contributed by atoms with Crippen LogP contribution in [-0.2, 0) is 9.59 Å². The van der Waals surface area contributed by atoms with Crippen molar-refractivity contribution in [2.24, 2.45) is 0 Å². The van der Waals surface area contributed by atoms with Crippen LogP contribution in [0, 0.1) is 0 Å². The average molecular weight is 379 g/mol. The Morgan fingerprint density at radius 2 is 1.74 bits per heavy atom. The van der Waals surface area contributed by atoms with Gasteiger partial charge in [-0.2, -0.15) is 0 Å². The van der Waals surface area contributed by atoms with Crippen molar-refractivity contribution in [1.29, 1.82) is 0 Å². The molecule has 0 heterocycles. The molecule has 23 heavy (non-hydrogen) atoms. The van der Waals surface area contributed by atoms with Gasteiger partial charge in [-0.15, -0.1) is 0 Å². The molecule has 0 aliphatic carbocycles. The van der Waals surface area contributed by atoms with Crippen molar-refractivity contribution in [3.05, 3.63) is 64.6 Å². The molecule has 1 unspecified atom stereocenters. The molecule has 7 heteroatoms. The van der Waals surface area contributed by atoms with Gasteiger partial charge in [-0.3, -0.25) is 14.8 Å². The molecule has 0 saturated carbocycles. The van der Waals surface area contributed by atoms with Gasteiger partial charge in [-0.25, -0.2) is 5.48 Å². The second kappa shape index (κ2) is 8.30. The van der Waals surface area contributed by atoms with Gasteiger partial charge in [0.25, 0.3) is 11.8 Å². The molecular weight excluding hydrogens is 364 g/mol. The van der Waals surface area contributed by atoms with Gasteiger partial charge in [-0.1, -0.05) is 46.3 Å². The van der Waals surface area contributed by atoms with Crippen LogP contribution in [0.25, 0.3) is 0 Å². The predicted octanol–water partition coefficient (Wildman–Crippen LogP) is 2.19. The number of para-hydroxylation sites is 1. The highest BCUT2D eigenvalue weighted by molar-refractivity contribution is 9.10. The van der Waals surface area contributed by atoms with E-state index < -0.39 is 17.9 Å². The minimum Gasteiger partial charge on any atom is -0.484 e. The standard InChI is InChI=1S/C16H15BrN2O4/c17-12-8-6-11(7-9-12)15(16(21)19-22)18-14(20)10-23-13-4-2-1-3-5-13/h1-9,15,22H,10H2,(H,18,20)(H,19,21). The topological polar surface area (TPSA) is 87.7 Å². The van der Waals surface area contributed by atoms with E-state index in [2.05, 4.69) is 21.2 Å². The van der Waals surface area contributed by atoms with Gasteiger partial charge in [-0.05, 0) is 29.8 Å². The van der Waals surface area contributed by atoms with Gasteiger partial charge in [0.05, 0.1) is 0 Å². The predicted molar refractivity (Wildman–Crippen MR) is 86.9 cm³/mol. The summed E-state index contributed by atoms with van der Waals surface area (Å²) in [6.45, 7) is -0.240. The number of carbonyl (C=O) groups is 2. The van der Waals surface area contributed by atoms with E-state index in [1.807, 2.05) is 6.07 Å². The summed E-state index contributed by atoms with van der Waals surface area (Å²) >= 11 is 3.29. The number of halogens is 1. The van der Waals surface area contributed by atoms with E-state index in [-0.39, 0.29) is 6.61 Å². The number of hydrogen-bond acceptors (Lipinski definition) is 4. The van der Waals surface area contributed by atoms with Crippen molar-refractivity contribution >= 4 is 27.7 Å². The van der Waals surface area contributed by atoms with Crippen molar-refractivity contribution in [2.45, 2.75) is 6.04 Å². The Bertz CT molecular complexity index is 662. The van der Waals surface area contributed by atoms with Crippen LogP contribution in [0.5, 0.6) is 5.75 Å². The Balaban J connectivity index is 2.01. The van der Waals surface area contributed by atoms with Crippen LogP contribution in [0.3, 0.4) is 0 Å². The van der Waals surface area contributed by atoms with Gasteiger partial charge >= 0.3 is 0 Å². The number of ether oxygens (including phenoxy) is 1. The van der Waals surface area contributed by atoms with Crippen molar-refractivity contribution in [1.82, 2.24) is 10.8 Å². The number of amides is 2. The summed E-state index contributed by atoms with van der Waals surface area (Å²) in [5.74, 6) is -0.666. The average Bonchev–Trinajstić information content (AvgIpc) is 2.59. The van der Waals surface area contributed by atoms with Crippen LogP contribution in [0.15, 0.2) is 59.1 Å². The number of nitrogens with one attached hydrogen (secondary N) is 2. The van der Waals surface area contributed by atoms with E-state index in [1.54, 1.807) is 54.0 Å². The van der Waals surface area contributed by atoms with Crippen LogP contribution in [-0.4, -0.2) is 23.6 Å². The third-order valence-corrected chi connectivity index (χ3v) is 3.52. The molecule has 0 spiro atoms. The number of benzene rings is 2. The summed E-state index contributed by atoms with van der Waals surface area (Å²) < 4.78 is 6.16. The zero-order chi connectivity index (χ0) is 16.7. The minimum atomic E-state index is -1.01. The second-order valence-corrected chi connectivity index (χ2v) is 5.55. The lowest BCUT2D eigenvalue weighted by Crippen LogP contribution is -2.41. The molecule has 2 aromatic rings. The molecule has 6 nitrogen and oxygen atoms in total. The van der Waals surface area contributed by atoms with Crippen LogP contribution in [0.2, 0.25) is 0 Å². The fourth-order valence-corrected chi connectivity index (χ4v) is 2.15. The third-order valence-electron chi connectivity index (χ3n) is 2.99. The van der Waals surface area contributed by atoms with Gasteiger partial charge in [0.2, 0.25) is 0 Å². The molecule has 0 saturated heterocycles. The van der Waals surface area contributed by atoms with Crippen LogP contribution >= 0.6 is 15.9 Å². The zero-order valence-corrected chi connectivity index (χ0v) is 13.6. The number of rotatable bonds is 6. The Labute approximate surface area is 141 Å². The fourth-order valence-electron chi connectivity index (χ4n) is 1.89. The molecule has 0 fully saturated rings. The molecule has 1 atom stereocenters. The smallest absolute Gasteiger partial charge is 0.270 e. The molecule has 0 radical (unpaired) electrons. The van der Waals surface area contributed by atoms with E-state index in [0.29, 0.717) is 11.3 Å². The normalized spacial score (nSPS) is 11.4. The Morgan fingerprint density at radius 3 is 2.35 bits per heavy atom. The van der Waals surface area contributed by atoms with E-state index in [1.165, 1.54) is 0 Å². The second-order valence-electron chi connectivity index (χ2n) is 4.63. The molecule has 2 rings (SSSR count). The molecule has 3 N–H and O–H groups in total. The molecule has 2 aromatic carbocycles. The van der Waals surface area contributed by atoms with Gasteiger partial charge in [0, 0.05) is 4.47 Å². The first kappa shape index (κ1) is 17.0. The first-order valence-electron chi connectivity index (χ1n) is 6.77. The van der Waals surface area contributed by atoms with E-state index in [4.69, 9.17) is 9.94 Å². The molecule has 0 aromatic heterocycles. The van der Waals surface area contributed by atoms with Crippen LogP contribution < -0.4 is 15.5 Å². The molecule has 0 aliphatic heterocycles. The first-order chi connectivity index (χ1) is 11.1. The lowest BCUT2D eigenvalue weighted by atomic mass is 10.1. The first-order valence-corrected chi connectivity index (χ1v) is 7.56. The Kier molecular flexibility index (Phi) is 6.13. The monoisotopic (exact) mass is 378 g/mol. The Morgan fingerprint density at radius 1 is 1.09 bits per heavy atom. The van der Waals surface area contributed by atoms with Gasteiger partial charge < -0.3 is 10.1 Å². The number of carbonyl (C=O) groups excluding carboxylic acids is 2. The lowest BCUT2D eigenvalue weighted by molar-refractivity contribution is -0.135. The summed E-state index contributed by atoms with van der Waals surface area (Å²) in [7, 11) is 0. The Hall–Kier alpha value is -2.38. The number of hydroxylamine groups is 1. The van der Waals surface area contributed by atoms with E-state index in [0.717, 1.165) is 4.47 Å². The van der Waals surface area contributed by atoms with Crippen molar-refractivity contribution in [3.8, 4) is 5.75 Å². The highest BCUT2D eigenvalue weighted by atomic mass is 79.9. The molecular formula is C16H15BrN2O4. The molecule has 2 amide bonds. The number of hydrogen-bond donors (Lipinski definition) is 3. The summed E-state index contributed by atoms with van der Waals surface area (Å²) in [6, 6.07) is 14.7. The van der Waals surface area contributed by atoms with Crippen LogP contribution in [0.4, 0.5) is 0 Å². The quantitative estimate of drug-likeness (QED) is 0.531. The third kappa shape index (κ3) is 5.08. The van der Waals surface area contributed by atoms with Crippen molar-refractivity contribution in [2.75, 3.05) is 6.61 Å². The summed E-state index contributed by atoms with van der Waals surface area (Å²) in [5, 5.41) is 11.4. The maximum absolute atomic E-state index is 12.0. The van der Waals surface area contributed by atoms with Gasteiger partial charge in [0.15, 0.2) is 6.61 Å².